The fourth-order valence-corrected chi connectivity index (χ4v) is 4.14. The number of aryl methyl sites for hydroxylation is 1. The van der Waals surface area contributed by atoms with Gasteiger partial charge in [-0.15, -0.1) is 0 Å². The predicted octanol–water partition coefficient (Wildman–Crippen LogP) is 1.93. The normalized spacial score (nSPS) is 20.9. The van der Waals surface area contributed by atoms with Gasteiger partial charge in [-0.05, 0) is 37.3 Å². The number of fused-ring (bicyclic) bond motifs is 1. The van der Waals surface area contributed by atoms with Crippen LogP contribution in [0.25, 0.3) is 0 Å². The van der Waals surface area contributed by atoms with Gasteiger partial charge in [0, 0.05) is 37.3 Å². The second-order valence-corrected chi connectivity index (χ2v) is 7.85. The van der Waals surface area contributed by atoms with Crippen LogP contribution >= 0.6 is 0 Å². The summed E-state index contributed by atoms with van der Waals surface area (Å²) in [5.74, 6) is 0.0753. The van der Waals surface area contributed by atoms with E-state index in [-0.39, 0.29) is 23.9 Å². The third-order valence-corrected chi connectivity index (χ3v) is 5.82. The van der Waals surface area contributed by atoms with E-state index >= 15 is 0 Å². The van der Waals surface area contributed by atoms with Crippen LogP contribution < -0.4 is 9.89 Å². The maximum Gasteiger partial charge on any atom is 0.433 e. The second-order valence-electron chi connectivity index (χ2n) is 7.85. The van der Waals surface area contributed by atoms with Gasteiger partial charge in [-0.3, -0.25) is 0 Å². The van der Waals surface area contributed by atoms with Crippen LogP contribution in [0.2, 0.25) is 0 Å². The zero-order valence-electron chi connectivity index (χ0n) is 16.4. The molecule has 0 bridgehead atoms. The number of benzene rings is 1. The van der Waals surface area contributed by atoms with E-state index in [1.165, 1.54) is 5.56 Å². The zero-order valence-corrected chi connectivity index (χ0v) is 16.4. The number of aliphatic hydroxyl groups is 2. The molecule has 4 rings (SSSR count). The monoisotopic (exact) mass is 421 g/mol. The van der Waals surface area contributed by atoms with Crippen LogP contribution in [-0.4, -0.2) is 45.3 Å². The molecular formula is C21H24F3N4O2+. The Morgan fingerprint density at radius 3 is 2.63 bits per heavy atom. The number of hydrogen-bond donors (Lipinski definition) is 3. The number of alkyl halides is 3. The first-order valence-corrected chi connectivity index (χ1v) is 10.1. The SMILES string of the molecule is OC(=[NH+]c1cccc2c1C[C@H](O)CC2)C1CCN(c2nccc(C(F)(F)F)n2)CC1. The summed E-state index contributed by atoms with van der Waals surface area (Å²) >= 11 is 0. The van der Waals surface area contributed by atoms with Crippen molar-refractivity contribution in [2.45, 2.75) is 44.4 Å². The molecule has 1 atom stereocenters. The fourth-order valence-electron chi connectivity index (χ4n) is 4.14. The van der Waals surface area contributed by atoms with Gasteiger partial charge in [0.2, 0.25) is 11.6 Å². The van der Waals surface area contributed by atoms with Crippen LogP contribution in [-0.2, 0) is 19.0 Å². The molecule has 0 spiro atoms. The minimum absolute atomic E-state index is 0.0573. The highest BCUT2D eigenvalue weighted by Gasteiger charge is 2.34. The molecule has 9 heteroatoms. The molecular weight excluding hydrogens is 397 g/mol. The van der Waals surface area contributed by atoms with E-state index in [1.807, 2.05) is 18.2 Å². The van der Waals surface area contributed by atoms with Gasteiger partial charge in [0.15, 0.2) is 0 Å². The van der Waals surface area contributed by atoms with Crippen molar-refractivity contribution in [3.05, 3.63) is 47.3 Å². The molecule has 2 aliphatic rings. The molecule has 2 aromatic rings. The largest absolute Gasteiger partial charge is 0.463 e. The Balaban J connectivity index is 1.45. The summed E-state index contributed by atoms with van der Waals surface area (Å²) in [7, 11) is 0. The highest BCUT2D eigenvalue weighted by molar-refractivity contribution is 5.72. The van der Waals surface area contributed by atoms with Gasteiger partial charge in [0.25, 0.3) is 0 Å². The molecule has 0 unspecified atom stereocenters. The Kier molecular flexibility index (Phi) is 5.64. The highest BCUT2D eigenvalue weighted by Crippen LogP contribution is 2.29. The van der Waals surface area contributed by atoms with Crippen LogP contribution in [0.5, 0.6) is 0 Å². The van der Waals surface area contributed by atoms with Crippen LogP contribution in [0, 0.1) is 5.92 Å². The first kappa shape index (κ1) is 20.6. The van der Waals surface area contributed by atoms with E-state index < -0.39 is 11.9 Å². The number of anilines is 1. The average Bonchev–Trinajstić information content (AvgIpc) is 2.74. The first-order valence-electron chi connectivity index (χ1n) is 10.1. The predicted molar refractivity (Wildman–Crippen MR) is 105 cm³/mol. The van der Waals surface area contributed by atoms with Gasteiger partial charge < -0.3 is 15.1 Å². The topological polar surface area (TPSA) is 83.5 Å². The maximum absolute atomic E-state index is 12.9. The van der Waals surface area contributed by atoms with Gasteiger partial charge in [0.1, 0.15) is 5.69 Å². The van der Waals surface area contributed by atoms with Crippen molar-refractivity contribution in [1.29, 1.82) is 0 Å². The maximum atomic E-state index is 12.9. The summed E-state index contributed by atoms with van der Waals surface area (Å²) in [5, 5.41) is 20.6. The number of rotatable bonds is 3. The third kappa shape index (κ3) is 4.40. The van der Waals surface area contributed by atoms with E-state index in [9.17, 15) is 23.4 Å². The molecule has 3 N–H and O–H groups in total. The number of aromatic nitrogens is 2. The molecule has 0 radical (unpaired) electrons. The molecule has 1 aromatic heterocycles. The van der Waals surface area contributed by atoms with Crippen LogP contribution in [0.15, 0.2) is 30.5 Å². The van der Waals surface area contributed by atoms with Crippen molar-refractivity contribution in [3.8, 4) is 0 Å². The Labute approximate surface area is 172 Å². The molecule has 1 aromatic carbocycles. The van der Waals surface area contributed by atoms with Gasteiger partial charge in [0.05, 0.1) is 12.0 Å². The van der Waals surface area contributed by atoms with Crippen molar-refractivity contribution in [2.24, 2.45) is 5.92 Å². The lowest BCUT2D eigenvalue weighted by Gasteiger charge is -2.30. The minimum atomic E-state index is -4.51. The number of nitrogens with zero attached hydrogens (tertiary/aromatic N) is 3. The molecule has 1 aliphatic heterocycles. The summed E-state index contributed by atoms with van der Waals surface area (Å²) in [4.78, 5) is 12.4. The molecule has 160 valence electrons. The summed E-state index contributed by atoms with van der Waals surface area (Å²) in [6.07, 6.45) is -0.532. The standard InChI is InChI=1S/C21H23F3N4O2/c22-21(23,24)18-6-9-25-20(27-18)28-10-7-14(8-11-28)19(30)26-17-3-1-2-13-4-5-15(29)12-16(13)17/h1-3,6,9,14-15,29H,4-5,7-8,10-12H2,(H,26,30)/p+1/t15-/m1/s1. The number of halogens is 3. The molecule has 1 aliphatic carbocycles. The summed E-state index contributed by atoms with van der Waals surface area (Å²) in [6, 6.07) is 6.71. The van der Waals surface area contributed by atoms with Gasteiger partial charge in [-0.1, -0.05) is 12.1 Å². The van der Waals surface area contributed by atoms with E-state index in [2.05, 4.69) is 15.0 Å². The molecule has 1 fully saturated rings. The number of piperidine rings is 1. The highest BCUT2D eigenvalue weighted by atomic mass is 19.4. The van der Waals surface area contributed by atoms with Gasteiger partial charge >= 0.3 is 12.1 Å². The van der Waals surface area contributed by atoms with E-state index in [1.54, 1.807) is 4.90 Å². The quantitative estimate of drug-likeness (QED) is 0.521. The molecule has 0 amide bonds. The minimum Gasteiger partial charge on any atom is -0.463 e. The van der Waals surface area contributed by atoms with Gasteiger partial charge in [-0.25, -0.2) is 9.97 Å². The summed E-state index contributed by atoms with van der Waals surface area (Å²) in [5.41, 5.74) is 2.04. The van der Waals surface area contributed by atoms with E-state index in [0.717, 1.165) is 36.4 Å². The van der Waals surface area contributed by atoms with Crippen molar-refractivity contribution in [1.82, 2.24) is 9.97 Å². The molecule has 2 heterocycles. The number of aliphatic hydroxyl groups excluding tert-OH is 2. The van der Waals surface area contributed by atoms with Crippen molar-refractivity contribution in [2.75, 3.05) is 18.0 Å². The van der Waals surface area contributed by atoms with Crippen molar-refractivity contribution < 1.29 is 28.4 Å². The lowest BCUT2D eigenvalue weighted by Crippen LogP contribution is -2.69. The second kappa shape index (κ2) is 8.22. The Morgan fingerprint density at radius 2 is 1.90 bits per heavy atom. The van der Waals surface area contributed by atoms with Crippen LogP contribution in [0.3, 0.4) is 0 Å². The Bertz CT molecular complexity index is 940. The molecule has 30 heavy (non-hydrogen) atoms. The third-order valence-electron chi connectivity index (χ3n) is 5.82. The summed E-state index contributed by atoms with van der Waals surface area (Å²) < 4.78 is 38.7. The number of nitrogens with one attached hydrogen (secondary N) is 1. The summed E-state index contributed by atoms with van der Waals surface area (Å²) in [6.45, 7) is 0.895. The van der Waals surface area contributed by atoms with E-state index in [4.69, 9.17) is 0 Å². The zero-order chi connectivity index (χ0) is 21.3. The van der Waals surface area contributed by atoms with Crippen LogP contribution in [0.4, 0.5) is 24.8 Å². The Morgan fingerprint density at radius 1 is 1.13 bits per heavy atom. The average molecular weight is 421 g/mol. The van der Waals surface area contributed by atoms with Crippen LogP contribution in [0.1, 0.15) is 36.1 Å². The van der Waals surface area contributed by atoms with Crippen molar-refractivity contribution >= 4 is 17.5 Å². The smallest absolute Gasteiger partial charge is 0.433 e. The number of hydrogen-bond acceptors (Lipinski definition) is 4. The van der Waals surface area contributed by atoms with Crippen molar-refractivity contribution in [3.63, 3.8) is 0 Å². The fraction of sp³-hybridized carbons (Fsp3) is 0.476. The lowest BCUT2D eigenvalue weighted by molar-refractivity contribution is -0.371. The molecule has 1 saturated heterocycles. The first-order chi connectivity index (χ1) is 14.3. The lowest BCUT2D eigenvalue weighted by atomic mass is 9.88. The van der Waals surface area contributed by atoms with E-state index in [0.29, 0.717) is 32.4 Å². The molecule has 0 saturated carbocycles. The Hall–Kier alpha value is -2.68. The molecule has 6 nitrogen and oxygen atoms in total. The van der Waals surface area contributed by atoms with Gasteiger partial charge in [-0.2, -0.15) is 18.2 Å².